The zero-order valence-electron chi connectivity index (χ0n) is 17.3. The minimum Gasteiger partial charge on any atom is -0.495 e. The summed E-state index contributed by atoms with van der Waals surface area (Å²) in [5.74, 6) is -0.467. The molecule has 2 N–H and O–H groups in total. The molecule has 1 aromatic heterocycles. The van der Waals surface area contributed by atoms with E-state index in [1.807, 2.05) is 0 Å². The zero-order chi connectivity index (χ0) is 23.3. The van der Waals surface area contributed by atoms with Gasteiger partial charge in [0.05, 0.1) is 29.1 Å². The minimum absolute atomic E-state index is 0.00213. The molecular weight excluding hydrogens is 477 g/mol. The van der Waals surface area contributed by atoms with Gasteiger partial charge in [-0.05, 0) is 30.3 Å². The van der Waals surface area contributed by atoms with E-state index in [0.717, 1.165) is 16.1 Å². The maximum atomic E-state index is 13.7. The van der Waals surface area contributed by atoms with Gasteiger partial charge in [-0.2, -0.15) is 0 Å². The van der Waals surface area contributed by atoms with Crippen LogP contribution in [0.15, 0.2) is 51.7 Å². The highest BCUT2D eigenvalue weighted by Gasteiger charge is 2.20. The van der Waals surface area contributed by atoms with Crippen LogP contribution in [0, 0.1) is 5.82 Å². The molecule has 13 heteroatoms. The fourth-order valence-corrected chi connectivity index (χ4v) is 4.96. The summed E-state index contributed by atoms with van der Waals surface area (Å²) in [4.78, 5) is 12.5. The highest BCUT2D eigenvalue weighted by molar-refractivity contribution is 8.01. The van der Waals surface area contributed by atoms with Gasteiger partial charge < -0.3 is 15.4 Å². The Labute approximate surface area is 193 Å². The largest absolute Gasteiger partial charge is 0.495 e. The number of ether oxygens (including phenoxy) is 1. The number of anilines is 3. The Morgan fingerprint density at radius 2 is 1.94 bits per heavy atom. The van der Waals surface area contributed by atoms with Crippen LogP contribution in [0.2, 0.25) is 0 Å². The molecule has 3 rings (SSSR count). The van der Waals surface area contributed by atoms with Crippen molar-refractivity contribution < 1.29 is 22.3 Å². The third-order valence-corrected chi connectivity index (χ3v) is 7.86. The fraction of sp³-hybridized carbons (Fsp3) is 0.211. The molecule has 0 aliphatic carbocycles. The number of hydrogen-bond donors (Lipinski definition) is 2. The van der Waals surface area contributed by atoms with Crippen molar-refractivity contribution in [2.45, 2.75) is 9.24 Å². The number of amides is 1. The number of methoxy groups -OCH3 is 1. The van der Waals surface area contributed by atoms with Gasteiger partial charge in [-0.3, -0.25) is 4.79 Å². The van der Waals surface area contributed by atoms with Gasteiger partial charge in [0.15, 0.2) is 4.34 Å². The Morgan fingerprint density at radius 3 is 2.62 bits per heavy atom. The van der Waals surface area contributed by atoms with Crippen LogP contribution in [0.5, 0.6) is 5.75 Å². The highest BCUT2D eigenvalue weighted by atomic mass is 32.2. The normalized spacial score (nSPS) is 11.4. The van der Waals surface area contributed by atoms with Gasteiger partial charge in [0.25, 0.3) is 0 Å². The number of rotatable bonds is 9. The zero-order valence-corrected chi connectivity index (χ0v) is 19.8. The molecule has 0 radical (unpaired) electrons. The number of halogens is 1. The molecule has 0 saturated carbocycles. The average molecular weight is 498 g/mol. The van der Waals surface area contributed by atoms with Crippen molar-refractivity contribution in [3.05, 3.63) is 48.3 Å². The van der Waals surface area contributed by atoms with E-state index in [4.69, 9.17) is 4.74 Å². The number of benzene rings is 2. The van der Waals surface area contributed by atoms with Gasteiger partial charge >= 0.3 is 0 Å². The van der Waals surface area contributed by atoms with E-state index >= 15 is 0 Å². The van der Waals surface area contributed by atoms with Crippen LogP contribution in [0.4, 0.5) is 20.9 Å². The Bertz CT molecular complexity index is 1220. The Morgan fingerprint density at radius 1 is 1.19 bits per heavy atom. The van der Waals surface area contributed by atoms with Crippen LogP contribution in [0.3, 0.4) is 0 Å². The van der Waals surface area contributed by atoms with Crippen LogP contribution in [0.25, 0.3) is 0 Å². The van der Waals surface area contributed by atoms with E-state index in [2.05, 4.69) is 20.8 Å². The summed E-state index contributed by atoms with van der Waals surface area (Å²) in [5, 5.41) is 13.8. The molecule has 9 nitrogen and oxygen atoms in total. The smallest absolute Gasteiger partial charge is 0.242 e. The van der Waals surface area contributed by atoms with Gasteiger partial charge in [-0.15, -0.1) is 10.2 Å². The lowest BCUT2D eigenvalue weighted by Crippen LogP contribution is -2.22. The van der Waals surface area contributed by atoms with Gasteiger partial charge in [-0.25, -0.2) is 17.1 Å². The van der Waals surface area contributed by atoms with E-state index in [9.17, 15) is 17.6 Å². The lowest BCUT2D eigenvalue weighted by molar-refractivity contribution is -0.113. The van der Waals surface area contributed by atoms with E-state index in [1.165, 1.54) is 56.8 Å². The van der Waals surface area contributed by atoms with Crippen LogP contribution in [-0.4, -0.2) is 55.8 Å². The monoisotopic (exact) mass is 497 g/mol. The second-order valence-electron chi connectivity index (χ2n) is 6.46. The maximum Gasteiger partial charge on any atom is 0.242 e. The predicted molar refractivity (Wildman–Crippen MR) is 123 cm³/mol. The minimum atomic E-state index is -3.67. The number of thioether (sulfide) groups is 1. The maximum absolute atomic E-state index is 13.7. The van der Waals surface area contributed by atoms with Gasteiger partial charge in [-0.1, -0.05) is 35.2 Å². The lowest BCUT2D eigenvalue weighted by atomic mass is 10.3. The highest BCUT2D eigenvalue weighted by Crippen LogP contribution is 2.30. The number of nitrogens with one attached hydrogen (secondary N) is 2. The van der Waals surface area contributed by atoms with E-state index in [1.54, 1.807) is 18.2 Å². The van der Waals surface area contributed by atoms with E-state index in [-0.39, 0.29) is 27.9 Å². The molecule has 0 aliphatic rings. The Balaban J connectivity index is 1.64. The first-order valence-electron chi connectivity index (χ1n) is 9.09. The molecular formula is C19H20FN5O4S3. The van der Waals surface area contributed by atoms with Crippen LogP contribution in [-0.2, 0) is 14.8 Å². The van der Waals surface area contributed by atoms with E-state index < -0.39 is 15.8 Å². The summed E-state index contributed by atoms with van der Waals surface area (Å²) in [7, 11) is 0.596. The average Bonchev–Trinajstić information content (AvgIpc) is 3.21. The first kappa shape index (κ1) is 23.9. The molecule has 170 valence electrons. The molecule has 3 aromatic rings. The standard InChI is InChI=1S/C19H20FN5O4S3/c1-25(2)32(27,28)12-8-9-16(29-3)15(10-12)21-17(26)11-30-19-24-23-18(31-19)22-14-7-5-4-6-13(14)20/h4-10H,11H2,1-3H3,(H,21,26)(H,22,23). The van der Waals surface area contributed by atoms with Crippen molar-refractivity contribution in [2.24, 2.45) is 0 Å². The number of hydrogen-bond acceptors (Lipinski definition) is 9. The molecule has 1 heterocycles. The quantitative estimate of drug-likeness (QED) is 0.433. The van der Waals surface area contributed by atoms with Crippen molar-refractivity contribution in [3.63, 3.8) is 0 Å². The van der Waals surface area contributed by atoms with Crippen LogP contribution < -0.4 is 15.4 Å². The topological polar surface area (TPSA) is 114 Å². The van der Waals surface area contributed by atoms with Gasteiger partial charge in [0, 0.05) is 14.1 Å². The molecule has 32 heavy (non-hydrogen) atoms. The molecule has 0 spiro atoms. The molecule has 0 unspecified atom stereocenters. The molecule has 0 fully saturated rings. The van der Waals surface area contributed by atoms with Crippen LogP contribution in [0.1, 0.15) is 0 Å². The molecule has 0 bridgehead atoms. The second-order valence-corrected chi connectivity index (χ2v) is 10.8. The van der Waals surface area contributed by atoms with Crippen molar-refractivity contribution in [2.75, 3.05) is 37.6 Å². The molecule has 0 aliphatic heterocycles. The van der Waals surface area contributed by atoms with E-state index in [0.29, 0.717) is 15.2 Å². The SMILES string of the molecule is COc1ccc(S(=O)(=O)N(C)C)cc1NC(=O)CSc1nnc(Nc2ccccc2F)s1. The number of para-hydroxylation sites is 1. The summed E-state index contributed by atoms with van der Waals surface area (Å²) in [6, 6.07) is 10.4. The number of aromatic nitrogens is 2. The summed E-state index contributed by atoms with van der Waals surface area (Å²) < 4.78 is 45.3. The Kier molecular flexibility index (Phi) is 7.66. The van der Waals surface area contributed by atoms with Gasteiger partial charge in [0.1, 0.15) is 11.6 Å². The summed E-state index contributed by atoms with van der Waals surface area (Å²) >= 11 is 2.32. The van der Waals surface area contributed by atoms with Crippen molar-refractivity contribution in [3.8, 4) is 5.75 Å². The van der Waals surface area contributed by atoms with Gasteiger partial charge in [0.2, 0.25) is 21.1 Å². The first-order chi connectivity index (χ1) is 15.2. The molecule has 0 atom stereocenters. The van der Waals surface area contributed by atoms with Crippen molar-refractivity contribution in [1.82, 2.24) is 14.5 Å². The number of nitrogens with zero attached hydrogens (tertiary/aromatic N) is 3. The van der Waals surface area contributed by atoms with Crippen molar-refractivity contribution >= 4 is 55.5 Å². The second kappa shape index (κ2) is 10.3. The fourth-order valence-electron chi connectivity index (χ4n) is 2.47. The number of carbonyl (C=O) groups excluding carboxylic acids is 1. The summed E-state index contributed by atoms with van der Waals surface area (Å²) in [6.07, 6.45) is 0. The van der Waals surface area contributed by atoms with Crippen molar-refractivity contribution in [1.29, 1.82) is 0 Å². The molecule has 2 aromatic carbocycles. The third kappa shape index (κ3) is 5.73. The lowest BCUT2D eigenvalue weighted by Gasteiger charge is -2.15. The number of sulfonamides is 1. The Hall–Kier alpha value is -2.74. The van der Waals surface area contributed by atoms with Crippen LogP contribution >= 0.6 is 23.1 Å². The summed E-state index contributed by atoms with van der Waals surface area (Å²) in [6.45, 7) is 0. The third-order valence-electron chi connectivity index (χ3n) is 4.07. The molecule has 0 saturated heterocycles. The first-order valence-corrected chi connectivity index (χ1v) is 12.3. The number of carbonyl (C=O) groups is 1. The predicted octanol–water partition coefficient (Wildman–Crippen LogP) is 3.41. The molecule has 1 amide bonds. The summed E-state index contributed by atoms with van der Waals surface area (Å²) in [5.41, 5.74) is 0.512.